The lowest BCUT2D eigenvalue weighted by molar-refractivity contribution is 0.160. The van der Waals surface area contributed by atoms with Gasteiger partial charge in [0.25, 0.3) is 0 Å². The molecule has 0 spiro atoms. The molecule has 0 bridgehead atoms. The van der Waals surface area contributed by atoms with Gasteiger partial charge in [-0.15, -0.1) is 0 Å². The average Bonchev–Trinajstić information content (AvgIpc) is 2.99. The maximum atomic E-state index is 10.0. The fourth-order valence-electron chi connectivity index (χ4n) is 3.98. The average molecular weight is 330 g/mol. The Morgan fingerprint density at radius 3 is 2.65 bits per heavy atom. The molecule has 3 heterocycles. The summed E-state index contributed by atoms with van der Waals surface area (Å²) in [5.74, 6) is 1.86. The molecule has 0 radical (unpaired) electrons. The van der Waals surface area contributed by atoms with Gasteiger partial charge in [-0.05, 0) is 59.4 Å². The Morgan fingerprint density at radius 2 is 1.83 bits per heavy atom. The predicted octanol–water partition coefficient (Wildman–Crippen LogP) is 3.43. The molecule has 0 saturated heterocycles. The first-order chi connectivity index (χ1) is 11.2. The molecule has 1 unspecified atom stereocenters. The van der Waals surface area contributed by atoms with Crippen LogP contribution in [-0.4, -0.2) is 23.3 Å². The van der Waals surface area contributed by atoms with Crippen LogP contribution in [0.2, 0.25) is 5.02 Å². The summed E-state index contributed by atoms with van der Waals surface area (Å²) in [7, 11) is 0. The van der Waals surface area contributed by atoms with Crippen LogP contribution in [0, 0.1) is 0 Å². The van der Waals surface area contributed by atoms with Gasteiger partial charge in [0.1, 0.15) is 5.75 Å². The minimum atomic E-state index is 0.170. The first-order valence-electron chi connectivity index (χ1n) is 7.86. The number of nitrogens with zero attached hydrogens (tertiary/aromatic N) is 1. The number of hydrogen-bond donors (Lipinski definition) is 1. The Morgan fingerprint density at radius 1 is 1.04 bits per heavy atom. The van der Waals surface area contributed by atoms with E-state index in [1.54, 1.807) is 0 Å². The van der Waals surface area contributed by atoms with Crippen molar-refractivity contribution in [3.63, 3.8) is 0 Å². The van der Waals surface area contributed by atoms with Crippen LogP contribution in [0.5, 0.6) is 17.2 Å². The molecule has 3 aliphatic heterocycles. The Labute approximate surface area is 139 Å². The standard InChI is InChI=1S/C18H16ClNO3/c19-14-3-10-1-2-20-8-12-6-18-17(22-9-23-18)5-11(12)4-15(20)13(10)7-16(14)21/h3,5-7,15,21H,1-2,4,8-9H2. The lowest BCUT2D eigenvalue weighted by Crippen LogP contribution is -2.39. The maximum absolute atomic E-state index is 10.0. The topological polar surface area (TPSA) is 41.9 Å². The second-order valence-electron chi connectivity index (χ2n) is 6.42. The molecule has 2 aromatic rings. The molecule has 4 nitrogen and oxygen atoms in total. The van der Waals surface area contributed by atoms with Crippen molar-refractivity contribution in [3.8, 4) is 17.2 Å². The Bertz CT molecular complexity index is 820. The summed E-state index contributed by atoms with van der Waals surface area (Å²) < 4.78 is 11.0. The quantitative estimate of drug-likeness (QED) is 0.804. The highest BCUT2D eigenvalue weighted by molar-refractivity contribution is 6.32. The van der Waals surface area contributed by atoms with Gasteiger partial charge in [-0.1, -0.05) is 11.6 Å². The second-order valence-corrected chi connectivity index (χ2v) is 6.82. The normalized spacial score (nSPS) is 21.5. The third-order valence-corrected chi connectivity index (χ3v) is 5.46. The van der Waals surface area contributed by atoms with E-state index >= 15 is 0 Å². The number of fused-ring (bicyclic) bond motifs is 5. The lowest BCUT2D eigenvalue weighted by atomic mass is 9.84. The van der Waals surface area contributed by atoms with Crippen LogP contribution in [0.1, 0.15) is 28.3 Å². The largest absolute Gasteiger partial charge is 0.506 e. The molecule has 1 N–H and O–H groups in total. The van der Waals surface area contributed by atoms with Gasteiger partial charge in [-0.2, -0.15) is 0 Å². The molecular formula is C18H16ClNO3. The SMILES string of the molecule is Oc1cc2c(cc1Cl)CCN1Cc3cc4c(cc3CC21)OCO4. The number of ether oxygens (including phenoxy) is 2. The van der Waals surface area contributed by atoms with Gasteiger partial charge in [0.05, 0.1) is 5.02 Å². The number of phenols is 1. The van der Waals surface area contributed by atoms with Gasteiger partial charge in [-0.3, -0.25) is 4.90 Å². The van der Waals surface area contributed by atoms with Gasteiger partial charge in [0.2, 0.25) is 6.79 Å². The monoisotopic (exact) mass is 329 g/mol. The van der Waals surface area contributed by atoms with Crippen molar-refractivity contribution in [2.24, 2.45) is 0 Å². The maximum Gasteiger partial charge on any atom is 0.231 e. The summed E-state index contributed by atoms with van der Waals surface area (Å²) in [6.45, 7) is 2.21. The molecule has 1 atom stereocenters. The van der Waals surface area contributed by atoms with Gasteiger partial charge in [0.15, 0.2) is 11.5 Å². The van der Waals surface area contributed by atoms with E-state index < -0.39 is 0 Å². The molecule has 0 aliphatic carbocycles. The summed E-state index contributed by atoms with van der Waals surface area (Å²) in [6, 6.07) is 8.27. The summed E-state index contributed by atoms with van der Waals surface area (Å²) in [4.78, 5) is 2.47. The van der Waals surface area contributed by atoms with Crippen LogP contribution in [0.25, 0.3) is 0 Å². The molecule has 0 aromatic heterocycles. The molecule has 5 heteroatoms. The van der Waals surface area contributed by atoms with Crippen LogP contribution in [0.3, 0.4) is 0 Å². The Hall–Kier alpha value is -1.91. The van der Waals surface area contributed by atoms with E-state index in [0.717, 1.165) is 37.4 Å². The van der Waals surface area contributed by atoms with E-state index in [9.17, 15) is 5.11 Å². The fraction of sp³-hybridized carbons (Fsp3) is 0.333. The van der Waals surface area contributed by atoms with Gasteiger partial charge in [0, 0.05) is 19.1 Å². The molecule has 2 aromatic carbocycles. The molecule has 0 fully saturated rings. The highest BCUT2D eigenvalue weighted by Gasteiger charge is 2.33. The van der Waals surface area contributed by atoms with E-state index in [1.807, 2.05) is 12.1 Å². The zero-order valence-electron chi connectivity index (χ0n) is 12.5. The predicted molar refractivity (Wildman–Crippen MR) is 86.2 cm³/mol. The van der Waals surface area contributed by atoms with Gasteiger partial charge in [-0.25, -0.2) is 0 Å². The molecule has 3 aliphatic rings. The number of rotatable bonds is 0. The first-order valence-corrected chi connectivity index (χ1v) is 8.23. The Balaban J connectivity index is 1.58. The Kier molecular flexibility index (Phi) is 2.82. The molecular weight excluding hydrogens is 314 g/mol. The summed E-state index contributed by atoms with van der Waals surface area (Å²) in [5, 5.41) is 10.4. The van der Waals surface area contributed by atoms with Gasteiger partial charge >= 0.3 is 0 Å². The van der Waals surface area contributed by atoms with Crippen molar-refractivity contribution in [1.82, 2.24) is 4.90 Å². The highest BCUT2D eigenvalue weighted by atomic mass is 35.5. The van der Waals surface area contributed by atoms with Gasteiger partial charge < -0.3 is 14.6 Å². The van der Waals surface area contributed by atoms with E-state index in [0.29, 0.717) is 11.8 Å². The number of aromatic hydroxyl groups is 1. The third-order valence-electron chi connectivity index (χ3n) is 5.16. The number of phenolic OH excluding ortho intramolecular Hbond substituents is 1. The summed E-state index contributed by atoms with van der Waals surface area (Å²) in [6.07, 6.45) is 1.88. The molecule has 0 saturated carbocycles. The summed E-state index contributed by atoms with van der Waals surface area (Å²) >= 11 is 6.07. The zero-order valence-corrected chi connectivity index (χ0v) is 13.3. The lowest BCUT2D eigenvalue weighted by Gasteiger charge is -2.41. The highest BCUT2D eigenvalue weighted by Crippen LogP contribution is 2.44. The van der Waals surface area contributed by atoms with Crippen LogP contribution >= 0.6 is 11.6 Å². The molecule has 5 rings (SSSR count). The minimum absolute atomic E-state index is 0.170. The van der Waals surface area contributed by atoms with Crippen molar-refractivity contribution >= 4 is 11.6 Å². The third kappa shape index (κ3) is 2.02. The minimum Gasteiger partial charge on any atom is -0.506 e. The van der Waals surface area contributed by atoms with E-state index in [4.69, 9.17) is 21.1 Å². The van der Waals surface area contributed by atoms with Crippen LogP contribution in [-0.2, 0) is 19.4 Å². The van der Waals surface area contributed by atoms with Crippen molar-refractivity contribution in [2.75, 3.05) is 13.3 Å². The second kappa shape index (κ2) is 4.79. The number of halogens is 1. The first kappa shape index (κ1) is 13.5. The van der Waals surface area contributed by atoms with E-state index in [1.165, 1.54) is 22.3 Å². The fourth-order valence-corrected chi connectivity index (χ4v) is 4.17. The smallest absolute Gasteiger partial charge is 0.231 e. The van der Waals surface area contributed by atoms with Crippen molar-refractivity contribution < 1.29 is 14.6 Å². The van der Waals surface area contributed by atoms with Crippen LogP contribution < -0.4 is 9.47 Å². The van der Waals surface area contributed by atoms with Crippen LogP contribution in [0.15, 0.2) is 24.3 Å². The van der Waals surface area contributed by atoms with Crippen molar-refractivity contribution in [1.29, 1.82) is 0 Å². The number of benzene rings is 2. The van der Waals surface area contributed by atoms with E-state index in [2.05, 4.69) is 17.0 Å². The van der Waals surface area contributed by atoms with Crippen molar-refractivity contribution in [3.05, 3.63) is 51.5 Å². The molecule has 23 heavy (non-hydrogen) atoms. The number of hydrogen-bond acceptors (Lipinski definition) is 4. The summed E-state index contributed by atoms with van der Waals surface area (Å²) in [5.41, 5.74) is 5.06. The van der Waals surface area contributed by atoms with Crippen molar-refractivity contribution in [2.45, 2.75) is 25.4 Å². The zero-order chi connectivity index (χ0) is 15.6. The molecule has 0 amide bonds. The molecule has 118 valence electrons. The van der Waals surface area contributed by atoms with E-state index in [-0.39, 0.29) is 11.8 Å². The van der Waals surface area contributed by atoms with Crippen LogP contribution in [0.4, 0.5) is 0 Å².